The lowest BCUT2D eigenvalue weighted by molar-refractivity contribution is 0.430. The van der Waals surface area contributed by atoms with E-state index in [1.807, 2.05) is 12.1 Å². The molecule has 15 heavy (non-hydrogen) atoms. The second kappa shape index (κ2) is 5.52. The first-order chi connectivity index (χ1) is 7.34. The Balaban J connectivity index is 1.79. The van der Waals surface area contributed by atoms with Gasteiger partial charge in [0.15, 0.2) is 0 Å². The molecular weight excluding hydrogens is 209 g/mol. The zero-order valence-corrected chi connectivity index (χ0v) is 9.52. The molecule has 1 saturated heterocycles. The molecule has 82 valence electrons. The summed E-state index contributed by atoms with van der Waals surface area (Å²) in [4.78, 5) is 1.16. The van der Waals surface area contributed by atoms with Gasteiger partial charge in [-0.2, -0.15) is 0 Å². The summed E-state index contributed by atoms with van der Waals surface area (Å²) in [7, 11) is 0. The Morgan fingerprint density at radius 3 is 2.73 bits per heavy atom. The van der Waals surface area contributed by atoms with Crippen molar-refractivity contribution in [2.24, 2.45) is 0 Å². The minimum absolute atomic E-state index is 0.157. The second-order valence-electron chi connectivity index (χ2n) is 3.91. The van der Waals surface area contributed by atoms with Crippen LogP contribution in [0.3, 0.4) is 0 Å². The Morgan fingerprint density at radius 1 is 1.27 bits per heavy atom. The Morgan fingerprint density at radius 2 is 2.07 bits per heavy atom. The number of halogens is 1. The molecule has 0 saturated carbocycles. The first kappa shape index (κ1) is 11.0. The molecule has 1 aliphatic rings. The molecule has 1 N–H and O–H groups in total. The highest BCUT2D eigenvalue weighted by Gasteiger charge is 2.12. The van der Waals surface area contributed by atoms with Gasteiger partial charge in [0, 0.05) is 16.7 Å². The van der Waals surface area contributed by atoms with Gasteiger partial charge in [-0.05, 0) is 43.7 Å². The van der Waals surface area contributed by atoms with E-state index >= 15 is 0 Å². The fraction of sp³-hybridized carbons (Fsp3) is 0.500. The maximum atomic E-state index is 12.7. The van der Waals surface area contributed by atoms with Crippen LogP contribution in [0.5, 0.6) is 0 Å². The van der Waals surface area contributed by atoms with Crippen molar-refractivity contribution in [3.8, 4) is 0 Å². The van der Waals surface area contributed by atoms with Crippen LogP contribution in [0.15, 0.2) is 29.2 Å². The molecule has 0 aromatic heterocycles. The third-order valence-corrected chi connectivity index (χ3v) is 3.85. The summed E-state index contributed by atoms with van der Waals surface area (Å²) in [5, 5.41) is 3.51. The molecule has 0 bridgehead atoms. The molecule has 0 amide bonds. The summed E-state index contributed by atoms with van der Waals surface area (Å²) in [6.45, 7) is 1.15. The van der Waals surface area contributed by atoms with E-state index in [-0.39, 0.29) is 5.82 Å². The van der Waals surface area contributed by atoms with Crippen LogP contribution in [0.25, 0.3) is 0 Å². The third-order valence-electron chi connectivity index (χ3n) is 2.68. The summed E-state index contributed by atoms with van der Waals surface area (Å²) in [5.74, 6) is 0.932. The lowest BCUT2D eigenvalue weighted by Crippen LogP contribution is -2.35. The number of piperidine rings is 1. The van der Waals surface area contributed by atoms with Gasteiger partial charge in [0.05, 0.1) is 0 Å². The SMILES string of the molecule is Fc1ccc(SC[C@@H]2CCCCN2)cc1. The van der Waals surface area contributed by atoms with Gasteiger partial charge in [0.25, 0.3) is 0 Å². The normalized spacial score (nSPS) is 21.5. The van der Waals surface area contributed by atoms with Gasteiger partial charge in [0.1, 0.15) is 5.82 Å². The minimum atomic E-state index is -0.157. The first-order valence-electron chi connectivity index (χ1n) is 5.46. The average Bonchev–Trinajstić information content (AvgIpc) is 2.30. The maximum Gasteiger partial charge on any atom is 0.123 e. The minimum Gasteiger partial charge on any atom is -0.313 e. The zero-order valence-electron chi connectivity index (χ0n) is 8.71. The lowest BCUT2D eigenvalue weighted by Gasteiger charge is -2.22. The van der Waals surface area contributed by atoms with E-state index in [2.05, 4.69) is 5.32 Å². The van der Waals surface area contributed by atoms with Crippen LogP contribution in [0.1, 0.15) is 19.3 Å². The molecule has 1 heterocycles. The predicted octanol–water partition coefficient (Wildman–Crippen LogP) is 3.06. The Bertz CT molecular complexity index is 293. The number of hydrogen-bond acceptors (Lipinski definition) is 2. The smallest absolute Gasteiger partial charge is 0.123 e. The molecule has 3 heteroatoms. The Kier molecular flexibility index (Phi) is 4.03. The zero-order chi connectivity index (χ0) is 10.5. The van der Waals surface area contributed by atoms with Crippen molar-refractivity contribution in [3.63, 3.8) is 0 Å². The molecule has 1 aromatic carbocycles. The average molecular weight is 225 g/mol. The van der Waals surface area contributed by atoms with E-state index in [1.54, 1.807) is 11.8 Å². The second-order valence-corrected chi connectivity index (χ2v) is 5.01. The third kappa shape index (κ3) is 3.50. The monoisotopic (exact) mass is 225 g/mol. The topological polar surface area (TPSA) is 12.0 Å². The molecule has 1 aliphatic heterocycles. The fourth-order valence-electron chi connectivity index (χ4n) is 1.79. The number of benzene rings is 1. The van der Waals surface area contributed by atoms with Crippen molar-refractivity contribution in [3.05, 3.63) is 30.1 Å². The van der Waals surface area contributed by atoms with Crippen molar-refractivity contribution in [2.45, 2.75) is 30.2 Å². The molecule has 0 unspecified atom stereocenters. The largest absolute Gasteiger partial charge is 0.313 e. The number of hydrogen-bond donors (Lipinski definition) is 1. The van der Waals surface area contributed by atoms with Crippen LogP contribution in [0.2, 0.25) is 0 Å². The number of rotatable bonds is 3. The molecule has 2 rings (SSSR count). The summed E-state index contributed by atoms with van der Waals surface area (Å²) >= 11 is 1.81. The van der Waals surface area contributed by atoms with E-state index in [0.717, 1.165) is 17.2 Å². The molecule has 1 fully saturated rings. The van der Waals surface area contributed by atoms with Gasteiger partial charge < -0.3 is 5.32 Å². The highest BCUT2D eigenvalue weighted by atomic mass is 32.2. The number of nitrogens with one attached hydrogen (secondary N) is 1. The van der Waals surface area contributed by atoms with Gasteiger partial charge in [-0.3, -0.25) is 0 Å². The maximum absolute atomic E-state index is 12.7. The highest BCUT2D eigenvalue weighted by molar-refractivity contribution is 7.99. The quantitative estimate of drug-likeness (QED) is 0.793. The van der Waals surface area contributed by atoms with Crippen LogP contribution in [-0.4, -0.2) is 18.3 Å². The summed E-state index contributed by atoms with van der Waals surface area (Å²) in [6.07, 6.45) is 3.91. The van der Waals surface area contributed by atoms with E-state index in [1.165, 1.54) is 31.4 Å². The fourth-order valence-corrected chi connectivity index (χ4v) is 2.80. The van der Waals surface area contributed by atoms with Crippen molar-refractivity contribution < 1.29 is 4.39 Å². The van der Waals surface area contributed by atoms with Crippen molar-refractivity contribution >= 4 is 11.8 Å². The Hall–Kier alpha value is -0.540. The molecule has 1 nitrogen and oxygen atoms in total. The van der Waals surface area contributed by atoms with Gasteiger partial charge in [-0.25, -0.2) is 4.39 Å². The molecule has 0 aliphatic carbocycles. The first-order valence-corrected chi connectivity index (χ1v) is 6.45. The van der Waals surface area contributed by atoms with Gasteiger partial charge >= 0.3 is 0 Å². The van der Waals surface area contributed by atoms with Crippen molar-refractivity contribution in [1.29, 1.82) is 0 Å². The summed E-state index contributed by atoms with van der Waals surface area (Å²) < 4.78 is 12.7. The Labute approximate surface area is 94.5 Å². The van der Waals surface area contributed by atoms with Gasteiger partial charge in [-0.1, -0.05) is 6.42 Å². The lowest BCUT2D eigenvalue weighted by atomic mass is 10.1. The van der Waals surface area contributed by atoms with Crippen LogP contribution < -0.4 is 5.32 Å². The van der Waals surface area contributed by atoms with Crippen molar-refractivity contribution in [2.75, 3.05) is 12.3 Å². The highest BCUT2D eigenvalue weighted by Crippen LogP contribution is 2.21. The van der Waals surface area contributed by atoms with Crippen LogP contribution >= 0.6 is 11.8 Å². The van der Waals surface area contributed by atoms with Crippen LogP contribution in [0.4, 0.5) is 4.39 Å². The van der Waals surface area contributed by atoms with E-state index < -0.39 is 0 Å². The summed E-state index contributed by atoms with van der Waals surface area (Å²) in [5.41, 5.74) is 0. The van der Waals surface area contributed by atoms with E-state index in [4.69, 9.17) is 0 Å². The molecular formula is C12H16FNS. The van der Waals surface area contributed by atoms with E-state index in [9.17, 15) is 4.39 Å². The standard InChI is InChI=1S/C12H16FNS/c13-10-4-6-12(7-5-10)15-9-11-3-1-2-8-14-11/h4-7,11,14H,1-3,8-9H2/t11-/m0/s1. The molecule has 1 aromatic rings. The number of thioether (sulfide) groups is 1. The molecule has 1 atom stereocenters. The van der Waals surface area contributed by atoms with Crippen LogP contribution in [-0.2, 0) is 0 Å². The molecule has 0 radical (unpaired) electrons. The van der Waals surface area contributed by atoms with Gasteiger partial charge in [0.2, 0.25) is 0 Å². The molecule has 0 spiro atoms. The summed E-state index contributed by atoms with van der Waals surface area (Å²) in [6, 6.07) is 7.38. The predicted molar refractivity (Wildman–Crippen MR) is 62.8 cm³/mol. The van der Waals surface area contributed by atoms with Crippen molar-refractivity contribution in [1.82, 2.24) is 5.32 Å². The van der Waals surface area contributed by atoms with Gasteiger partial charge in [-0.15, -0.1) is 11.8 Å². The van der Waals surface area contributed by atoms with Crippen LogP contribution in [0, 0.1) is 5.82 Å². The van der Waals surface area contributed by atoms with E-state index in [0.29, 0.717) is 6.04 Å².